The van der Waals surface area contributed by atoms with E-state index in [2.05, 4.69) is 27.7 Å². The van der Waals surface area contributed by atoms with Crippen LogP contribution in [0.25, 0.3) is 0 Å². The summed E-state index contributed by atoms with van der Waals surface area (Å²) in [6, 6.07) is 9.71. The smallest absolute Gasteiger partial charge is 0.349 e. The summed E-state index contributed by atoms with van der Waals surface area (Å²) in [4.78, 5) is 12.5. The Morgan fingerprint density at radius 3 is 2.09 bits per heavy atom. The first-order chi connectivity index (χ1) is 10.4. The van der Waals surface area contributed by atoms with Gasteiger partial charge in [-0.15, -0.1) is 0 Å². The van der Waals surface area contributed by atoms with Crippen LogP contribution >= 0.6 is 0 Å². The van der Waals surface area contributed by atoms with E-state index in [-0.39, 0.29) is 5.97 Å². The Hall–Kier alpha value is -2.16. The van der Waals surface area contributed by atoms with E-state index in [1.165, 1.54) is 0 Å². The first-order valence-corrected chi connectivity index (χ1v) is 7.70. The molecule has 22 heavy (non-hydrogen) atoms. The van der Waals surface area contributed by atoms with Crippen LogP contribution in [0.15, 0.2) is 42.7 Å². The van der Waals surface area contributed by atoms with Crippen LogP contribution < -0.4 is 9.30 Å². The van der Waals surface area contributed by atoms with Crippen LogP contribution in [0.5, 0.6) is 5.75 Å². The average molecular weight is 298 g/mol. The van der Waals surface area contributed by atoms with Crippen molar-refractivity contribution in [1.82, 2.24) is 0 Å². The van der Waals surface area contributed by atoms with Crippen LogP contribution in [0.4, 0.5) is 0 Å². The zero-order valence-corrected chi connectivity index (χ0v) is 14.0. The number of nitrogens with zero attached hydrogens (tertiary/aromatic N) is 1. The van der Waals surface area contributed by atoms with Crippen LogP contribution in [0.2, 0.25) is 0 Å². The number of aryl methyl sites for hydroxylation is 1. The minimum atomic E-state index is -0.314. The molecule has 0 N–H and O–H groups in total. The van der Waals surface area contributed by atoms with Gasteiger partial charge in [0.25, 0.3) is 0 Å². The molecule has 0 atom stereocenters. The molecule has 0 saturated carbocycles. The zero-order chi connectivity index (χ0) is 16.3. The number of carbonyl (C=O) groups is 1. The van der Waals surface area contributed by atoms with Crippen molar-refractivity contribution in [2.75, 3.05) is 0 Å². The number of para-hydroxylation sites is 1. The molecule has 0 fully saturated rings. The number of rotatable bonds is 4. The molecule has 2 rings (SSSR count). The average Bonchev–Trinajstić information content (AvgIpc) is 2.46. The minimum absolute atomic E-state index is 0.299. The third-order valence-corrected chi connectivity index (χ3v) is 3.69. The van der Waals surface area contributed by atoms with E-state index in [1.54, 1.807) is 12.3 Å². The number of ether oxygens (including phenoxy) is 1. The molecule has 0 amide bonds. The van der Waals surface area contributed by atoms with E-state index in [0.717, 1.165) is 11.1 Å². The highest BCUT2D eigenvalue weighted by molar-refractivity contribution is 5.90. The number of hydrogen-bond acceptors (Lipinski definition) is 2. The van der Waals surface area contributed by atoms with Crippen molar-refractivity contribution in [2.45, 2.75) is 39.5 Å². The van der Waals surface area contributed by atoms with Crippen molar-refractivity contribution in [3.63, 3.8) is 0 Å². The van der Waals surface area contributed by atoms with Gasteiger partial charge in [0.1, 0.15) is 18.4 Å². The molecule has 2 aromatic rings. The summed E-state index contributed by atoms with van der Waals surface area (Å²) < 4.78 is 7.63. The molecule has 0 aliphatic heterocycles. The number of esters is 1. The summed E-state index contributed by atoms with van der Waals surface area (Å²) in [6.07, 6.45) is 3.66. The van der Waals surface area contributed by atoms with Gasteiger partial charge >= 0.3 is 5.97 Å². The molecule has 1 aromatic heterocycles. The fourth-order valence-corrected chi connectivity index (χ4v) is 2.46. The van der Waals surface area contributed by atoms with E-state index >= 15 is 0 Å². The second kappa shape index (κ2) is 6.73. The van der Waals surface area contributed by atoms with Crippen molar-refractivity contribution in [1.29, 1.82) is 0 Å². The van der Waals surface area contributed by atoms with Crippen molar-refractivity contribution in [3.05, 3.63) is 59.4 Å². The topological polar surface area (TPSA) is 30.2 Å². The number of benzene rings is 1. The number of carbonyl (C=O) groups excluding carboxylic acids is 1. The molecule has 1 aromatic carbocycles. The van der Waals surface area contributed by atoms with Gasteiger partial charge < -0.3 is 4.74 Å². The van der Waals surface area contributed by atoms with E-state index in [4.69, 9.17) is 4.74 Å². The highest BCUT2D eigenvalue weighted by Gasteiger charge is 2.20. The molecule has 3 heteroatoms. The first-order valence-electron chi connectivity index (χ1n) is 7.70. The Morgan fingerprint density at radius 2 is 1.59 bits per heavy atom. The molecule has 0 saturated heterocycles. The van der Waals surface area contributed by atoms with Gasteiger partial charge in [-0.1, -0.05) is 45.9 Å². The van der Waals surface area contributed by atoms with E-state index in [0.29, 0.717) is 23.1 Å². The summed E-state index contributed by atoms with van der Waals surface area (Å²) in [6.45, 7) is 8.44. The Bertz CT molecular complexity index is 649. The lowest BCUT2D eigenvalue weighted by Gasteiger charge is -2.18. The number of hydrogen-bond donors (Lipinski definition) is 0. The van der Waals surface area contributed by atoms with Crippen LogP contribution in [0.1, 0.15) is 61.0 Å². The van der Waals surface area contributed by atoms with Gasteiger partial charge in [0.2, 0.25) is 0 Å². The predicted octanol–water partition coefficient (Wildman–Crippen LogP) is 3.98. The lowest BCUT2D eigenvalue weighted by atomic mass is 9.94. The monoisotopic (exact) mass is 298 g/mol. The Balaban J connectivity index is 2.41. The fourth-order valence-electron chi connectivity index (χ4n) is 2.46. The number of aromatic nitrogens is 1. The molecule has 3 nitrogen and oxygen atoms in total. The fraction of sp³-hybridized carbons (Fsp3) is 0.368. The quantitative estimate of drug-likeness (QED) is 0.485. The Labute approximate surface area is 132 Å². The van der Waals surface area contributed by atoms with E-state index < -0.39 is 0 Å². The third-order valence-electron chi connectivity index (χ3n) is 3.69. The van der Waals surface area contributed by atoms with Gasteiger partial charge in [0, 0.05) is 6.07 Å². The SMILES string of the molecule is CC(C)c1cccc(C(C)C)c1OC(=O)c1ccc[n+](C)c1. The highest BCUT2D eigenvalue weighted by atomic mass is 16.5. The second-order valence-corrected chi connectivity index (χ2v) is 6.22. The molecule has 1 heterocycles. The lowest BCUT2D eigenvalue weighted by Crippen LogP contribution is -2.28. The lowest BCUT2D eigenvalue weighted by molar-refractivity contribution is -0.671. The van der Waals surface area contributed by atoms with Crippen LogP contribution in [-0.4, -0.2) is 5.97 Å². The van der Waals surface area contributed by atoms with Crippen molar-refractivity contribution >= 4 is 5.97 Å². The maximum absolute atomic E-state index is 12.5. The standard InChI is InChI=1S/C19H24NO2/c1-13(2)16-9-6-10-17(14(3)4)18(16)22-19(21)15-8-7-11-20(5)12-15/h6-14H,1-5H3/q+1. The van der Waals surface area contributed by atoms with Gasteiger partial charge in [-0.3, -0.25) is 0 Å². The third kappa shape index (κ3) is 3.53. The van der Waals surface area contributed by atoms with Gasteiger partial charge in [-0.2, -0.15) is 0 Å². The molecular weight excluding hydrogens is 274 g/mol. The first kappa shape index (κ1) is 16.2. The number of pyridine rings is 1. The maximum Gasteiger partial charge on any atom is 0.349 e. The van der Waals surface area contributed by atoms with Crippen LogP contribution in [0.3, 0.4) is 0 Å². The van der Waals surface area contributed by atoms with Crippen LogP contribution in [-0.2, 0) is 7.05 Å². The summed E-state index contributed by atoms with van der Waals surface area (Å²) in [7, 11) is 1.89. The largest absolute Gasteiger partial charge is 0.422 e. The highest BCUT2D eigenvalue weighted by Crippen LogP contribution is 2.34. The van der Waals surface area contributed by atoms with Crippen molar-refractivity contribution < 1.29 is 14.1 Å². The minimum Gasteiger partial charge on any atom is -0.422 e. The maximum atomic E-state index is 12.5. The normalized spacial score (nSPS) is 11.0. The van der Waals surface area contributed by atoms with Gasteiger partial charge in [-0.25, -0.2) is 9.36 Å². The van der Waals surface area contributed by atoms with Gasteiger partial charge in [0.15, 0.2) is 12.4 Å². The Morgan fingerprint density at radius 1 is 1.00 bits per heavy atom. The second-order valence-electron chi connectivity index (χ2n) is 6.22. The molecule has 0 aliphatic carbocycles. The summed E-state index contributed by atoms with van der Waals surface area (Å²) in [5.74, 6) is 0.997. The molecule has 0 bridgehead atoms. The van der Waals surface area contributed by atoms with Gasteiger partial charge in [-0.05, 0) is 29.0 Å². The summed E-state index contributed by atoms with van der Waals surface area (Å²) >= 11 is 0. The predicted molar refractivity (Wildman–Crippen MR) is 87.2 cm³/mol. The molecule has 116 valence electrons. The Kier molecular flexibility index (Phi) is 4.96. The molecule has 0 radical (unpaired) electrons. The molecule has 0 spiro atoms. The van der Waals surface area contributed by atoms with E-state index in [1.807, 2.05) is 42.1 Å². The summed E-state index contributed by atoms with van der Waals surface area (Å²) in [5.41, 5.74) is 2.69. The zero-order valence-electron chi connectivity index (χ0n) is 14.0. The summed E-state index contributed by atoms with van der Waals surface area (Å²) in [5, 5.41) is 0. The molecule has 0 unspecified atom stereocenters. The van der Waals surface area contributed by atoms with Crippen molar-refractivity contribution in [3.8, 4) is 5.75 Å². The van der Waals surface area contributed by atoms with Crippen molar-refractivity contribution in [2.24, 2.45) is 7.05 Å². The molecule has 0 aliphatic rings. The van der Waals surface area contributed by atoms with Gasteiger partial charge in [0.05, 0.1) is 0 Å². The van der Waals surface area contributed by atoms with E-state index in [9.17, 15) is 4.79 Å². The van der Waals surface area contributed by atoms with Crippen LogP contribution in [0, 0.1) is 0 Å². The molecular formula is C19H24NO2+.